The summed E-state index contributed by atoms with van der Waals surface area (Å²) in [5, 5.41) is 9.09. The van der Waals surface area contributed by atoms with E-state index in [4.69, 9.17) is 21.1 Å². The number of aromatic nitrogens is 1. The van der Waals surface area contributed by atoms with Crippen LogP contribution in [0.3, 0.4) is 0 Å². The predicted molar refractivity (Wildman–Crippen MR) is 94.9 cm³/mol. The first-order valence-corrected chi connectivity index (χ1v) is 8.34. The van der Waals surface area contributed by atoms with Crippen LogP contribution in [-0.2, 0) is 15.9 Å². The van der Waals surface area contributed by atoms with Crippen molar-refractivity contribution in [3.8, 4) is 0 Å². The predicted octanol–water partition coefficient (Wildman–Crippen LogP) is 4.09. The van der Waals surface area contributed by atoms with Gasteiger partial charge in [-0.2, -0.15) is 4.90 Å². The number of pyridine rings is 1. The summed E-state index contributed by atoms with van der Waals surface area (Å²) in [6, 6.07) is 0. The summed E-state index contributed by atoms with van der Waals surface area (Å²) in [6.07, 6.45) is -1.61. The lowest BCUT2D eigenvalue weighted by atomic mass is 10.1. The van der Waals surface area contributed by atoms with Crippen LogP contribution < -0.4 is 4.90 Å². The van der Waals surface area contributed by atoms with Gasteiger partial charge in [-0.25, -0.2) is 19.0 Å². The Kier molecular flexibility index (Phi) is 6.95. The summed E-state index contributed by atoms with van der Waals surface area (Å²) in [4.78, 5) is 29.3. The van der Waals surface area contributed by atoms with Gasteiger partial charge in [0.05, 0.1) is 6.20 Å². The van der Waals surface area contributed by atoms with Gasteiger partial charge in [-0.15, -0.1) is 0 Å². The second-order valence-corrected chi connectivity index (χ2v) is 7.85. The number of aliphatic hydroxyl groups excluding tert-OH is 1. The van der Waals surface area contributed by atoms with E-state index in [9.17, 15) is 19.1 Å². The third-order valence-electron chi connectivity index (χ3n) is 2.79. The Morgan fingerprint density at radius 2 is 1.62 bits per heavy atom. The van der Waals surface area contributed by atoms with Crippen LogP contribution in [0.5, 0.6) is 0 Å². The normalized spacial score (nSPS) is 11.9. The van der Waals surface area contributed by atoms with Crippen molar-refractivity contribution in [2.24, 2.45) is 0 Å². The monoisotopic (exact) mass is 390 g/mol. The van der Waals surface area contributed by atoms with E-state index in [-0.39, 0.29) is 17.1 Å². The molecule has 0 fully saturated rings. The molecule has 0 bridgehead atoms. The van der Waals surface area contributed by atoms with E-state index < -0.39 is 41.5 Å². The van der Waals surface area contributed by atoms with Gasteiger partial charge in [0.1, 0.15) is 22.0 Å². The zero-order valence-electron chi connectivity index (χ0n) is 15.7. The number of anilines is 1. The number of rotatable bonds is 3. The number of ether oxygens (including phenoxy) is 2. The molecule has 146 valence electrons. The van der Waals surface area contributed by atoms with Gasteiger partial charge < -0.3 is 14.6 Å². The number of aliphatic hydroxyl groups is 1. The third-order valence-corrected chi connectivity index (χ3v) is 3.12. The van der Waals surface area contributed by atoms with Gasteiger partial charge in [-0.05, 0) is 41.5 Å². The minimum absolute atomic E-state index is 0.00844. The topological polar surface area (TPSA) is 89.0 Å². The van der Waals surface area contributed by atoms with E-state index in [0.717, 1.165) is 6.20 Å². The molecule has 0 aromatic carbocycles. The summed E-state index contributed by atoms with van der Waals surface area (Å²) in [5.41, 5.74) is -2.35. The van der Waals surface area contributed by atoms with Crippen molar-refractivity contribution in [3.05, 3.63) is 22.7 Å². The molecule has 0 spiro atoms. The van der Waals surface area contributed by atoms with E-state index >= 15 is 0 Å². The van der Waals surface area contributed by atoms with Crippen molar-refractivity contribution in [2.45, 2.75) is 59.2 Å². The third kappa shape index (κ3) is 6.10. The van der Waals surface area contributed by atoms with Crippen molar-refractivity contribution >= 4 is 29.5 Å². The quantitative estimate of drug-likeness (QED) is 0.782. The standard InChI is InChI=1S/C17H24ClFN2O5/c1-16(2,3)25-14(23)21(15(24)26-17(4,5)6)12-10(7-8-22)13(18)20-9-11(12)19/h9,22H,7-8H2,1-6H3. The molecule has 1 rings (SSSR count). The molecule has 0 aliphatic rings. The molecular weight excluding hydrogens is 367 g/mol. The number of nitrogens with zero attached hydrogens (tertiary/aromatic N) is 2. The van der Waals surface area contributed by atoms with Crippen LogP contribution in [0.15, 0.2) is 6.20 Å². The smallest absolute Gasteiger partial charge is 0.424 e. The van der Waals surface area contributed by atoms with Crippen LogP contribution >= 0.6 is 11.6 Å². The molecule has 9 heteroatoms. The molecule has 0 unspecified atom stereocenters. The average Bonchev–Trinajstić information content (AvgIpc) is 2.42. The van der Waals surface area contributed by atoms with Crippen LogP contribution in [0.2, 0.25) is 5.15 Å². The molecule has 7 nitrogen and oxygen atoms in total. The Morgan fingerprint density at radius 1 is 1.15 bits per heavy atom. The maximum Gasteiger partial charge on any atom is 0.424 e. The van der Waals surface area contributed by atoms with Crippen molar-refractivity contribution in [2.75, 3.05) is 11.5 Å². The molecule has 1 N–H and O–H groups in total. The van der Waals surface area contributed by atoms with Crippen molar-refractivity contribution in [1.82, 2.24) is 4.98 Å². The fourth-order valence-corrected chi connectivity index (χ4v) is 2.17. The van der Waals surface area contributed by atoms with Gasteiger partial charge in [-0.3, -0.25) is 0 Å². The maximum absolute atomic E-state index is 14.5. The van der Waals surface area contributed by atoms with Gasteiger partial charge in [0.2, 0.25) is 0 Å². The van der Waals surface area contributed by atoms with Crippen LogP contribution in [0.4, 0.5) is 19.7 Å². The second kappa shape index (κ2) is 8.18. The number of hydrogen-bond donors (Lipinski definition) is 1. The van der Waals surface area contributed by atoms with Gasteiger partial charge in [0.25, 0.3) is 0 Å². The highest BCUT2D eigenvalue weighted by Crippen LogP contribution is 2.32. The fourth-order valence-electron chi connectivity index (χ4n) is 1.94. The molecule has 0 aliphatic heterocycles. The molecule has 26 heavy (non-hydrogen) atoms. The van der Waals surface area contributed by atoms with Crippen LogP contribution in [-0.4, -0.2) is 40.1 Å². The van der Waals surface area contributed by atoms with Crippen molar-refractivity contribution < 1.29 is 28.6 Å². The van der Waals surface area contributed by atoms with Crippen molar-refractivity contribution in [3.63, 3.8) is 0 Å². The van der Waals surface area contributed by atoms with Gasteiger partial charge in [-0.1, -0.05) is 11.6 Å². The fraction of sp³-hybridized carbons (Fsp3) is 0.588. The zero-order valence-corrected chi connectivity index (χ0v) is 16.5. The summed E-state index contributed by atoms with van der Waals surface area (Å²) in [5.74, 6) is -0.977. The summed E-state index contributed by atoms with van der Waals surface area (Å²) in [6.45, 7) is 9.20. The highest BCUT2D eigenvalue weighted by Gasteiger charge is 2.36. The highest BCUT2D eigenvalue weighted by molar-refractivity contribution is 6.30. The first-order chi connectivity index (χ1) is 11.8. The van der Waals surface area contributed by atoms with Crippen LogP contribution in [0, 0.1) is 5.82 Å². The number of imide groups is 1. The molecular formula is C17H24ClFN2O5. The summed E-state index contributed by atoms with van der Waals surface area (Å²) < 4.78 is 25.0. The second-order valence-electron chi connectivity index (χ2n) is 7.49. The lowest BCUT2D eigenvalue weighted by Crippen LogP contribution is -2.44. The molecule has 0 radical (unpaired) electrons. The SMILES string of the molecule is CC(C)(C)OC(=O)N(C(=O)OC(C)(C)C)c1c(F)cnc(Cl)c1CCO. The average molecular weight is 391 g/mol. The highest BCUT2D eigenvalue weighted by atomic mass is 35.5. The lowest BCUT2D eigenvalue weighted by molar-refractivity contribution is 0.0428. The Bertz CT molecular complexity index is 655. The van der Waals surface area contributed by atoms with E-state index in [2.05, 4.69) is 4.98 Å². The maximum atomic E-state index is 14.5. The first-order valence-electron chi connectivity index (χ1n) is 7.96. The van der Waals surface area contributed by atoms with Crippen LogP contribution in [0.25, 0.3) is 0 Å². The van der Waals surface area contributed by atoms with Gasteiger partial charge >= 0.3 is 12.2 Å². The van der Waals surface area contributed by atoms with E-state index in [1.807, 2.05) is 0 Å². The van der Waals surface area contributed by atoms with E-state index in [1.165, 1.54) is 0 Å². The zero-order chi connectivity index (χ0) is 20.3. The summed E-state index contributed by atoms with van der Waals surface area (Å²) in [7, 11) is 0. The van der Waals surface area contributed by atoms with E-state index in [0.29, 0.717) is 4.90 Å². The lowest BCUT2D eigenvalue weighted by Gasteiger charge is -2.29. The number of carbonyl (C=O) groups excluding carboxylic acids is 2. The summed E-state index contributed by atoms with van der Waals surface area (Å²) >= 11 is 5.98. The molecule has 1 aromatic heterocycles. The van der Waals surface area contributed by atoms with Gasteiger partial charge in [0.15, 0.2) is 5.82 Å². The molecule has 0 saturated carbocycles. The minimum Gasteiger partial charge on any atom is -0.443 e. The Hall–Kier alpha value is -1.93. The van der Waals surface area contributed by atoms with Crippen molar-refractivity contribution in [1.29, 1.82) is 0 Å². The largest absolute Gasteiger partial charge is 0.443 e. The number of hydrogen-bond acceptors (Lipinski definition) is 6. The molecule has 0 atom stereocenters. The molecule has 1 heterocycles. The van der Waals surface area contributed by atoms with Crippen LogP contribution in [0.1, 0.15) is 47.1 Å². The Morgan fingerprint density at radius 3 is 2.00 bits per heavy atom. The molecule has 0 saturated heterocycles. The molecule has 1 aromatic rings. The number of amides is 2. The number of carbonyl (C=O) groups is 2. The first kappa shape index (κ1) is 22.1. The minimum atomic E-state index is -1.13. The molecule has 0 aliphatic carbocycles. The molecule has 2 amide bonds. The Labute approximate surface area is 157 Å². The number of halogens is 2. The van der Waals surface area contributed by atoms with E-state index in [1.54, 1.807) is 41.5 Å². The van der Waals surface area contributed by atoms with Gasteiger partial charge in [0, 0.05) is 18.6 Å². The Balaban J connectivity index is 3.53.